The molecule has 3 heterocycles. The lowest BCUT2D eigenvalue weighted by Crippen LogP contribution is -2.35. The van der Waals surface area contributed by atoms with E-state index in [2.05, 4.69) is 14.5 Å². The van der Waals surface area contributed by atoms with E-state index < -0.39 is 0 Å². The number of rotatable bonds is 3. The van der Waals surface area contributed by atoms with Crippen LogP contribution < -0.4 is 0 Å². The molecule has 0 N–H and O–H groups in total. The molecule has 1 aliphatic rings. The monoisotopic (exact) mass is 259 g/mol. The first-order chi connectivity index (χ1) is 9.40. The molecule has 0 aromatic carbocycles. The van der Waals surface area contributed by atoms with Crippen molar-refractivity contribution >= 4 is 0 Å². The number of methoxy groups -OCH3 is 1. The maximum atomic E-state index is 5.58. The van der Waals surface area contributed by atoms with Gasteiger partial charge < -0.3 is 14.0 Å². The van der Waals surface area contributed by atoms with Crippen molar-refractivity contribution < 1.29 is 9.47 Å². The summed E-state index contributed by atoms with van der Waals surface area (Å²) in [5, 5.41) is 0. The summed E-state index contributed by atoms with van der Waals surface area (Å²) in [5.41, 5.74) is 1.01. The largest absolute Gasteiger partial charge is 0.379 e. The van der Waals surface area contributed by atoms with Crippen molar-refractivity contribution in [2.24, 2.45) is 0 Å². The molecule has 1 fully saturated rings. The summed E-state index contributed by atoms with van der Waals surface area (Å²) in [5.74, 6) is 0.908. The molecule has 19 heavy (non-hydrogen) atoms. The summed E-state index contributed by atoms with van der Waals surface area (Å²) in [6, 6.07) is 4.09. The minimum Gasteiger partial charge on any atom is -0.379 e. The number of imidazole rings is 1. The molecule has 0 bridgehead atoms. The Labute approximate surface area is 112 Å². The van der Waals surface area contributed by atoms with Crippen LogP contribution in [-0.4, -0.2) is 41.0 Å². The minimum atomic E-state index is 0.163. The topological polar surface area (TPSA) is 49.2 Å². The number of pyridine rings is 1. The second kappa shape index (κ2) is 5.50. The van der Waals surface area contributed by atoms with Gasteiger partial charge in [-0.1, -0.05) is 0 Å². The molecule has 100 valence electrons. The van der Waals surface area contributed by atoms with Crippen LogP contribution in [0.5, 0.6) is 0 Å². The maximum absolute atomic E-state index is 5.58. The fraction of sp³-hybridized carbons (Fsp3) is 0.429. The zero-order chi connectivity index (χ0) is 13.1. The van der Waals surface area contributed by atoms with E-state index in [1.807, 2.05) is 30.7 Å². The van der Waals surface area contributed by atoms with Crippen LogP contribution in [0.15, 0.2) is 36.9 Å². The summed E-state index contributed by atoms with van der Waals surface area (Å²) < 4.78 is 13.3. The van der Waals surface area contributed by atoms with Crippen molar-refractivity contribution in [3.05, 3.63) is 36.9 Å². The zero-order valence-electron chi connectivity index (χ0n) is 10.9. The van der Waals surface area contributed by atoms with Gasteiger partial charge in [0.1, 0.15) is 5.82 Å². The average molecular weight is 259 g/mol. The van der Waals surface area contributed by atoms with Crippen LogP contribution in [0.2, 0.25) is 0 Å². The third-order valence-corrected chi connectivity index (χ3v) is 3.51. The number of hydrogen-bond donors (Lipinski definition) is 0. The van der Waals surface area contributed by atoms with Gasteiger partial charge in [-0.25, -0.2) is 4.98 Å². The summed E-state index contributed by atoms with van der Waals surface area (Å²) in [6.45, 7) is 1.41. The third-order valence-electron chi connectivity index (χ3n) is 3.51. The van der Waals surface area contributed by atoms with Gasteiger partial charge in [-0.3, -0.25) is 4.98 Å². The highest BCUT2D eigenvalue weighted by atomic mass is 16.5. The average Bonchev–Trinajstić information content (AvgIpc) is 2.97. The van der Waals surface area contributed by atoms with Crippen molar-refractivity contribution in [3.8, 4) is 11.4 Å². The van der Waals surface area contributed by atoms with Gasteiger partial charge in [0, 0.05) is 44.1 Å². The van der Waals surface area contributed by atoms with Gasteiger partial charge in [-0.05, 0) is 18.6 Å². The van der Waals surface area contributed by atoms with E-state index in [0.29, 0.717) is 6.61 Å². The van der Waals surface area contributed by atoms with Crippen molar-refractivity contribution in [2.75, 3.05) is 20.3 Å². The van der Waals surface area contributed by atoms with Crippen LogP contribution in [0.1, 0.15) is 12.5 Å². The number of nitrogens with zero attached hydrogens (tertiary/aromatic N) is 3. The van der Waals surface area contributed by atoms with Crippen LogP contribution in [0.25, 0.3) is 11.4 Å². The van der Waals surface area contributed by atoms with Gasteiger partial charge in [-0.2, -0.15) is 0 Å². The maximum Gasteiger partial charge on any atom is 0.141 e. The molecule has 5 nitrogen and oxygen atoms in total. The first-order valence-corrected chi connectivity index (χ1v) is 6.44. The Morgan fingerprint density at radius 2 is 2.37 bits per heavy atom. The summed E-state index contributed by atoms with van der Waals surface area (Å²) in [4.78, 5) is 8.59. The standard InChI is InChI=1S/C14H17N3O2/c1-18-13-4-8-19-10-12(13)17-7-6-16-14(17)11-3-2-5-15-9-11/h2-3,5-7,9,12-13H,4,8,10H2,1H3/t12-,13-/m1/s1. The van der Waals surface area contributed by atoms with Crippen LogP contribution >= 0.6 is 0 Å². The van der Waals surface area contributed by atoms with Gasteiger partial charge >= 0.3 is 0 Å². The first-order valence-electron chi connectivity index (χ1n) is 6.44. The smallest absolute Gasteiger partial charge is 0.141 e. The lowest BCUT2D eigenvalue weighted by molar-refractivity contribution is -0.0492. The quantitative estimate of drug-likeness (QED) is 0.845. The van der Waals surface area contributed by atoms with Gasteiger partial charge in [0.15, 0.2) is 0 Å². The van der Waals surface area contributed by atoms with Crippen LogP contribution in [-0.2, 0) is 9.47 Å². The zero-order valence-corrected chi connectivity index (χ0v) is 10.9. The normalized spacial score (nSPS) is 23.4. The van der Waals surface area contributed by atoms with E-state index in [0.717, 1.165) is 24.4 Å². The van der Waals surface area contributed by atoms with Crippen molar-refractivity contribution in [1.82, 2.24) is 14.5 Å². The third kappa shape index (κ3) is 2.39. The Morgan fingerprint density at radius 1 is 1.42 bits per heavy atom. The van der Waals surface area contributed by atoms with E-state index in [1.165, 1.54) is 0 Å². The Bertz CT molecular complexity index is 526. The van der Waals surface area contributed by atoms with E-state index in [1.54, 1.807) is 13.3 Å². The molecule has 5 heteroatoms. The van der Waals surface area contributed by atoms with Crippen molar-refractivity contribution in [2.45, 2.75) is 18.6 Å². The van der Waals surface area contributed by atoms with Crippen molar-refractivity contribution in [3.63, 3.8) is 0 Å². The predicted molar refractivity (Wildman–Crippen MR) is 70.7 cm³/mol. The van der Waals surface area contributed by atoms with Gasteiger partial charge in [0.05, 0.1) is 18.8 Å². The molecule has 0 spiro atoms. The molecule has 3 rings (SSSR count). The van der Waals surface area contributed by atoms with Crippen LogP contribution in [0, 0.1) is 0 Å². The molecule has 1 saturated heterocycles. The molecule has 2 aromatic rings. The Morgan fingerprint density at radius 3 is 3.16 bits per heavy atom. The highest BCUT2D eigenvalue weighted by Gasteiger charge is 2.28. The fourth-order valence-electron chi connectivity index (χ4n) is 2.54. The van der Waals surface area contributed by atoms with Crippen molar-refractivity contribution in [1.29, 1.82) is 0 Å². The lowest BCUT2D eigenvalue weighted by Gasteiger charge is -2.32. The van der Waals surface area contributed by atoms with E-state index in [9.17, 15) is 0 Å². The molecule has 0 amide bonds. The molecule has 0 saturated carbocycles. The molecular formula is C14H17N3O2. The number of aromatic nitrogens is 3. The minimum absolute atomic E-state index is 0.163. The number of hydrogen-bond acceptors (Lipinski definition) is 4. The summed E-state index contributed by atoms with van der Waals surface area (Å²) in [7, 11) is 1.75. The first kappa shape index (κ1) is 12.3. The molecule has 0 aliphatic carbocycles. The molecule has 1 aliphatic heterocycles. The molecule has 0 unspecified atom stereocenters. The molecular weight excluding hydrogens is 242 g/mol. The predicted octanol–water partition coefficient (Wildman–Crippen LogP) is 1.92. The molecule has 0 radical (unpaired) electrons. The SMILES string of the molecule is CO[C@@H]1CCOC[C@H]1n1ccnc1-c1cccnc1. The second-order valence-corrected chi connectivity index (χ2v) is 4.60. The Kier molecular flexibility index (Phi) is 3.57. The van der Waals surface area contributed by atoms with E-state index in [-0.39, 0.29) is 12.1 Å². The Balaban J connectivity index is 1.95. The molecule has 2 atom stereocenters. The van der Waals surface area contributed by atoms with E-state index in [4.69, 9.17) is 9.47 Å². The number of ether oxygens (including phenoxy) is 2. The fourth-order valence-corrected chi connectivity index (χ4v) is 2.54. The summed E-state index contributed by atoms with van der Waals surface area (Å²) >= 11 is 0. The van der Waals surface area contributed by atoms with E-state index >= 15 is 0 Å². The lowest BCUT2D eigenvalue weighted by atomic mass is 10.1. The highest BCUT2D eigenvalue weighted by Crippen LogP contribution is 2.27. The van der Waals surface area contributed by atoms with Crippen LogP contribution in [0.3, 0.4) is 0 Å². The van der Waals surface area contributed by atoms with Gasteiger partial charge in [0.25, 0.3) is 0 Å². The van der Waals surface area contributed by atoms with Gasteiger partial charge in [0.2, 0.25) is 0 Å². The van der Waals surface area contributed by atoms with Crippen LogP contribution in [0.4, 0.5) is 0 Å². The highest BCUT2D eigenvalue weighted by molar-refractivity contribution is 5.53. The van der Waals surface area contributed by atoms with Gasteiger partial charge in [-0.15, -0.1) is 0 Å². The molecule has 2 aromatic heterocycles. The second-order valence-electron chi connectivity index (χ2n) is 4.60. The summed E-state index contributed by atoms with van der Waals surface area (Å²) in [6.07, 6.45) is 8.45. The Hall–Kier alpha value is -1.72.